The van der Waals surface area contributed by atoms with Gasteiger partial charge in [0, 0.05) is 32.7 Å². The Morgan fingerprint density at radius 2 is 1.89 bits per heavy atom. The fourth-order valence-corrected chi connectivity index (χ4v) is 3.98. The van der Waals surface area contributed by atoms with Crippen molar-refractivity contribution in [3.63, 3.8) is 0 Å². The van der Waals surface area contributed by atoms with Crippen molar-refractivity contribution < 1.29 is 4.79 Å². The summed E-state index contributed by atoms with van der Waals surface area (Å²) in [4.78, 5) is 32.8. The second-order valence-corrected chi connectivity index (χ2v) is 7.30. The molecule has 1 aromatic heterocycles. The smallest absolute Gasteiger partial charge is 0.266 e. The molecule has 0 bridgehead atoms. The maximum Gasteiger partial charge on any atom is 0.266 e. The third-order valence-electron chi connectivity index (χ3n) is 5.39. The summed E-state index contributed by atoms with van der Waals surface area (Å²) in [6.45, 7) is 6.73. The first-order valence-corrected chi connectivity index (χ1v) is 9.26. The molecule has 2 aliphatic rings. The summed E-state index contributed by atoms with van der Waals surface area (Å²) < 4.78 is 1.47. The highest BCUT2D eigenvalue weighted by molar-refractivity contribution is 6.13. The van der Waals surface area contributed by atoms with E-state index in [4.69, 9.17) is 0 Å². The number of fused-ring (bicyclic) bond motifs is 4. The number of carbonyl (C=O) groups excluding carboxylic acids is 1. The highest BCUT2D eigenvalue weighted by atomic mass is 16.1. The molecule has 2 aromatic carbocycles. The van der Waals surface area contributed by atoms with Crippen LogP contribution in [0.2, 0.25) is 0 Å². The second kappa shape index (κ2) is 6.11. The Labute approximate surface area is 156 Å². The highest BCUT2D eigenvalue weighted by Crippen LogP contribution is 2.27. The summed E-state index contributed by atoms with van der Waals surface area (Å²) in [5.41, 5.74) is 3.67. The number of hydrogen-bond donors (Lipinski definition) is 1. The van der Waals surface area contributed by atoms with E-state index in [9.17, 15) is 9.59 Å². The average molecular weight is 360 g/mol. The van der Waals surface area contributed by atoms with Crippen LogP contribution in [-0.4, -0.2) is 46.4 Å². The van der Waals surface area contributed by atoms with Crippen LogP contribution < -0.4 is 10.9 Å². The van der Waals surface area contributed by atoms with Crippen molar-refractivity contribution in [2.45, 2.75) is 13.5 Å². The van der Waals surface area contributed by atoms with Crippen molar-refractivity contribution in [1.29, 1.82) is 0 Å². The molecule has 3 heterocycles. The van der Waals surface area contributed by atoms with Gasteiger partial charge in [0.25, 0.3) is 5.56 Å². The number of hydrogen-bond acceptors (Lipinski definition) is 5. The normalized spacial score (nSPS) is 16.6. The molecule has 3 aromatic rings. The molecule has 1 saturated heterocycles. The molecule has 0 radical (unpaired) electrons. The highest BCUT2D eigenvalue weighted by Gasteiger charge is 2.30. The molecule has 0 unspecified atom stereocenters. The van der Waals surface area contributed by atoms with Crippen LogP contribution in [0, 0.1) is 6.92 Å². The summed E-state index contributed by atoms with van der Waals surface area (Å²) in [7, 11) is 0. The fraction of sp³-hybridized carbons (Fsp3) is 0.286. The van der Waals surface area contributed by atoms with Gasteiger partial charge in [0.15, 0.2) is 5.82 Å². The number of aromatic nitrogens is 2. The molecule has 0 spiro atoms. The van der Waals surface area contributed by atoms with Crippen molar-refractivity contribution in [3.05, 3.63) is 69.3 Å². The third kappa shape index (κ3) is 2.60. The maximum absolute atomic E-state index is 13.2. The lowest BCUT2D eigenvalue weighted by molar-refractivity contribution is 0.103. The number of ketones is 1. The van der Waals surface area contributed by atoms with E-state index in [1.165, 1.54) is 4.57 Å². The maximum atomic E-state index is 13.2. The third-order valence-corrected chi connectivity index (χ3v) is 5.39. The zero-order valence-electron chi connectivity index (χ0n) is 15.2. The van der Waals surface area contributed by atoms with E-state index >= 15 is 0 Å². The van der Waals surface area contributed by atoms with Crippen LogP contribution >= 0.6 is 0 Å². The molecule has 1 N–H and O–H groups in total. The van der Waals surface area contributed by atoms with Crippen LogP contribution in [0.25, 0.3) is 16.6 Å². The van der Waals surface area contributed by atoms with Gasteiger partial charge in [-0.25, -0.2) is 4.98 Å². The number of benzene rings is 2. The molecule has 0 amide bonds. The standard InChI is InChI=1S/C21H20N4O2/c1-13-2-5-18-16(10-13)19(26)20-23-17-4-3-14(11-15(17)21(27)25(18)20)12-24-8-6-22-7-9-24/h2-5,10-11,22H,6-9,12H2,1H3. The molecule has 0 atom stereocenters. The van der Waals surface area contributed by atoms with Gasteiger partial charge >= 0.3 is 0 Å². The van der Waals surface area contributed by atoms with Gasteiger partial charge in [0.1, 0.15) is 0 Å². The molecule has 6 nitrogen and oxygen atoms in total. The van der Waals surface area contributed by atoms with E-state index in [0.717, 1.165) is 43.9 Å². The van der Waals surface area contributed by atoms with E-state index in [-0.39, 0.29) is 17.2 Å². The van der Waals surface area contributed by atoms with Crippen molar-refractivity contribution in [2.24, 2.45) is 0 Å². The van der Waals surface area contributed by atoms with Gasteiger partial charge in [0.2, 0.25) is 5.78 Å². The SMILES string of the molecule is Cc1ccc2c(c1)C(=O)c1nc3ccc(CN4CCNCC4)cc3c(=O)n1-2. The van der Waals surface area contributed by atoms with E-state index in [1.54, 1.807) is 0 Å². The topological polar surface area (TPSA) is 67.2 Å². The lowest BCUT2D eigenvalue weighted by atomic mass is 10.1. The number of rotatable bonds is 2. The molecule has 5 rings (SSSR count). The van der Waals surface area contributed by atoms with Gasteiger partial charge in [-0.05, 0) is 36.8 Å². The molecule has 136 valence electrons. The minimum Gasteiger partial charge on any atom is -0.314 e. The van der Waals surface area contributed by atoms with E-state index in [1.807, 2.05) is 43.3 Å². The Kier molecular flexibility index (Phi) is 3.70. The molecule has 2 aliphatic heterocycles. The summed E-state index contributed by atoms with van der Waals surface area (Å²) in [6.07, 6.45) is 0. The second-order valence-electron chi connectivity index (χ2n) is 7.30. The van der Waals surface area contributed by atoms with Crippen LogP contribution in [0.15, 0.2) is 41.2 Å². The molecule has 6 heteroatoms. The first kappa shape index (κ1) is 16.4. The largest absolute Gasteiger partial charge is 0.314 e. The Morgan fingerprint density at radius 1 is 1.07 bits per heavy atom. The summed E-state index contributed by atoms with van der Waals surface area (Å²) in [6, 6.07) is 11.4. The minimum absolute atomic E-state index is 0.173. The monoisotopic (exact) mass is 360 g/mol. The molecule has 1 fully saturated rings. The first-order valence-electron chi connectivity index (χ1n) is 9.26. The Hall–Kier alpha value is -2.83. The summed E-state index contributed by atoms with van der Waals surface area (Å²) in [5.74, 6) is 0.0283. The average Bonchev–Trinajstić information content (AvgIpc) is 2.95. The lowest BCUT2D eigenvalue weighted by Gasteiger charge is -2.27. The predicted octanol–water partition coefficient (Wildman–Crippen LogP) is 1.64. The van der Waals surface area contributed by atoms with E-state index in [2.05, 4.69) is 15.2 Å². The summed E-state index contributed by atoms with van der Waals surface area (Å²) >= 11 is 0. The number of carbonyl (C=O) groups is 1. The Morgan fingerprint density at radius 3 is 2.70 bits per heavy atom. The number of piperazine rings is 1. The van der Waals surface area contributed by atoms with Crippen molar-refractivity contribution >= 4 is 16.7 Å². The van der Waals surface area contributed by atoms with Gasteiger partial charge in [-0.1, -0.05) is 17.7 Å². The Balaban J connectivity index is 1.63. The van der Waals surface area contributed by atoms with Gasteiger partial charge in [-0.15, -0.1) is 0 Å². The van der Waals surface area contributed by atoms with Gasteiger partial charge < -0.3 is 5.32 Å². The Bertz CT molecular complexity index is 1140. The fourth-order valence-electron chi connectivity index (χ4n) is 3.98. The number of aryl methyl sites for hydroxylation is 1. The zero-order chi connectivity index (χ0) is 18.5. The minimum atomic E-state index is -0.183. The van der Waals surface area contributed by atoms with Crippen LogP contribution in [0.3, 0.4) is 0 Å². The predicted molar refractivity (Wildman–Crippen MR) is 104 cm³/mol. The van der Waals surface area contributed by atoms with Crippen molar-refractivity contribution in [2.75, 3.05) is 26.2 Å². The molecular weight excluding hydrogens is 340 g/mol. The van der Waals surface area contributed by atoms with E-state index < -0.39 is 0 Å². The van der Waals surface area contributed by atoms with E-state index in [0.29, 0.717) is 22.2 Å². The first-order chi connectivity index (χ1) is 13.1. The molecular formula is C21H20N4O2. The van der Waals surface area contributed by atoms with Crippen LogP contribution in [0.5, 0.6) is 0 Å². The molecule has 27 heavy (non-hydrogen) atoms. The quantitative estimate of drug-likeness (QED) is 0.589. The van der Waals surface area contributed by atoms with Crippen LogP contribution in [-0.2, 0) is 6.54 Å². The van der Waals surface area contributed by atoms with Crippen molar-refractivity contribution in [3.8, 4) is 5.69 Å². The van der Waals surface area contributed by atoms with Gasteiger partial charge in [-0.2, -0.15) is 0 Å². The van der Waals surface area contributed by atoms with Gasteiger partial charge in [-0.3, -0.25) is 19.1 Å². The van der Waals surface area contributed by atoms with Crippen LogP contribution in [0.4, 0.5) is 0 Å². The molecule has 0 aliphatic carbocycles. The van der Waals surface area contributed by atoms with Crippen molar-refractivity contribution in [1.82, 2.24) is 19.8 Å². The number of nitrogens with one attached hydrogen (secondary N) is 1. The van der Waals surface area contributed by atoms with Gasteiger partial charge in [0.05, 0.1) is 22.2 Å². The van der Waals surface area contributed by atoms with Crippen LogP contribution in [0.1, 0.15) is 27.3 Å². The molecule has 0 saturated carbocycles. The summed E-state index contributed by atoms with van der Waals surface area (Å²) in [5, 5.41) is 3.91. The zero-order valence-corrected chi connectivity index (χ0v) is 15.2. The number of nitrogens with zero attached hydrogens (tertiary/aromatic N) is 3. The lowest BCUT2D eigenvalue weighted by Crippen LogP contribution is -2.42.